The highest BCUT2D eigenvalue weighted by Crippen LogP contribution is 2.22. The average Bonchev–Trinajstić information content (AvgIpc) is 2.87. The molecule has 2 rings (SSSR count). The number of likely N-dealkylation sites (tertiary alicyclic amines) is 1. The summed E-state index contributed by atoms with van der Waals surface area (Å²) in [4.78, 5) is 14.9. The van der Waals surface area contributed by atoms with Crippen LogP contribution in [0.3, 0.4) is 0 Å². The molecule has 2 atom stereocenters. The number of halogens is 1. The van der Waals surface area contributed by atoms with E-state index in [9.17, 15) is 4.79 Å². The van der Waals surface area contributed by atoms with E-state index in [1.54, 1.807) is 0 Å². The number of carbonyl (C=O) groups is 1. The van der Waals surface area contributed by atoms with Gasteiger partial charge in [-0.05, 0) is 50.4 Å². The molecule has 24 heavy (non-hydrogen) atoms. The summed E-state index contributed by atoms with van der Waals surface area (Å²) < 4.78 is 0. The summed E-state index contributed by atoms with van der Waals surface area (Å²) in [6.45, 7) is 11.0. The monoisotopic (exact) mass is 351 g/mol. The molecule has 0 unspecified atom stereocenters. The molecule has 2 N–H and O–H groups in total. The van der Waals surface area contributed by atoms with Crippen LogP contribution in [0.25, 0.3) is 0 Å². The van der Waals surface area contributed by atoms with Gasteiger partial charge in [-0.1, -0.05) is 37.6 Å². The third-order valence-corrected chi connectivity index (χ3v) is 4.46. The topological polar surface area (TPSA) is 44.4 Å². The molecule has 1 fully saturated rings. The van der Waals surface area contributed by atoms with E-state index in [0.29, 0.717) is 12.0 Å². The van der Waals surface area contributed by atoms with Gasteiger partial charge < -0.3 is 10.6 Å². The second kappa shape index (κ2) is 8.84. The third-order valence-electron chi connectivity index (χ3n) is 4.23. The van der Waals surface area contributed by atoms with Gasteiger partial charge in [0.05, 0.1) is 6.04 Å². The van der Waals surface area contributed by atoms with Crippen LogP contribution in [0, 0.1) is 5.92 Å². The van der Waals surface area contributed by atoms with Crippen molar-refractivity contribution in [1.29, 1.82) is 0 Å². The van der Waals surface area contributed by atoms with Gasteiger partial charge in [0, 0.05) is 30.2 Å². The fraction of sp³-hybridized carbons (Fsp3) is 0.632. The maximum Gasteiger partial charge on any atom is 0.237 e. The Morgan fingerprint density at radius 3 is 2.71 bits per heavy atom. The molecule has 134 valence electrons. The minimum Gasteiger partial charge on any atom is -0.353 e. The molecule has 0 bridgehead atoms. The number of hydrogen-bond acceptors (Lipinski definition) is 3. The number of amides is 1. The number of benzene rings is 1. The SMILES string of the molecule is CC(C)CN[C@@H]1C[C@@H](C(=O)NC(C)C)N(Cc2cccc(Cl)c2)C1. The van der Waals surface area contributed by atoms with Gasteiger partial charge in [-0.3, -0.25) is 9.69 Å². The molecule has 0 radical (unpaired) electrons. The fourth-order valence-electron chi connectivity index (χ4n) is 3.15. The summed E-state index contributed by atoms with van der Waals surface area (Å²) in [6.07, 6.45) is 0.853. The van der Waals surface area contributed by atoms with Crippen molar-refractivity contribution in [3.8, 4) is 0 Å². The fourth-order valence-corrected chi connectivity index (χ4v) is 3.36. The Balaban J connectivity index is 2.06. The zero-order valence-electron chi connectivity index (χ0n) is 15.2. The van der Waals surface area contributed by atoms with Crippen LogP contribution in [0.1, 0.15) is 39.7 Å². The van der Waals surface area contributed by atoms with Crippen molar-refractivity contribution in [3.63, 3.8) is 0 Å². The molecule has 1 aliphatic heterocycles. The van der Waals surface area contributed by atoms with Crippen LogP contribution >= 0.6 is 11.6 Å². The first-order chi connectivity index (χ1) is 11.3. The van der Waals surface area contributed by atoms with E-state index in [2.05, 4.69) is 35.4 Å². The second-order valence-electron chi connectivity index (χ2n) is 7.47. The molecule has 1 aromatic rings. The standard InChI is InChI=1S/C19H30ClN3O/c1-13(2)10-21-17-9-18(19(24)22-14(3)4)23(12-17)11-15-6-5-7-16(20)8-15/h5-8,13-14,17-18,21H,9-12H2,1-4H3,(H,22,24)/t17-,18+/m1/s1. The number of hydrogen-bond donors (Lipinski definition) is 2. The molecule has 1 aliphatic rings. The molecule has 0 aromatic heterocycles. The largest absolute Gasteiger partial charge is 0.353 e. The number of carbonyl (C=O) groups excluding carboxylic acids is 1. The van der Waals surface area contributed by atoms with Crippen LogP contribution < -0.4 is 10.6 Å². The zero-order valence-corrected chi connectivity index (χ0v) is 15.9. The summed E-state index contributed by atoms with van der Waals surface area (Å²) in [7, 11) is 0. The predicted molar refractivity (Wildman–Crippen MR) is 100 cm³/mol. The summed E-state index contributed by atoms with van der Waals surface area (Å²) in [5.41, 5.74) is 1.15. The van der Waals surface area contributed by atoms with E-state index < -0.39 is 0 Å². The highest BCUT2D eigenvalue weighted by molar-refractivity contribution is 6.30. The van der Waals surface area contributed by atoms with Crippen LogP contribution in [0.5, 0.6) is 0 Å². The molecular weight excluding hydrogens is 322 g/mol. The van der Waals surface area contributed by atoms with Gasteiger partial charge in [-0.25, -0.2) is 0 Å². The van der Waals surface area contributed by atoms with Crippen molar-refractivity contribution in [3.05, 3.63) is 34.9 Å². The van der Waals surface area contributed by atoms with Gasteiger partial charge in [-0.15, -0.1) is 0 Å². The van der Waals surface area contributed by atoms with Crippen molar-refractivity contribution in [2.45, 2.75) is 58.8 Å². The minimum atomic E-state index is -0.0870. The lowest BCUT2D eigenvalue weighted by atomic mass is 10.1. The Labute approximate surface area is 150 Å². The van der Waals surface area contributed by atoms with Crippen molar-refractivity contribution >= 4 is 17.5 Å². The van der Waals surface area contributed by atoms with E-state index in [1.165, 1.54) is 0 Å². The first kappa shape index (κ1) is 19.2. The predicted octanol–water partition coefficient (Wildman–Crippen LogP) is 3.05. The molecule has 1 aromatic carbocycles. The first-order valence-electron chi connectivity index (χ1n) is 8.87. The maximum absolute atomic E-state index is 12.6. The van der Waals surface area contributed by atoms with Crippen LogP contribution in [-0.4, -0.2) is 42.0 Å². The van der Waals surface area contributed by atoms with Crippen LogP contribution in [0.2, 0.25) is 5.02 Å². The van der Waals surface area contributed by atoms with Crippen molar-refractivity contribution < 1.29 is 4.79 Å². The van der Waals surface area contributed by atoms with Crippen molar-refractivity contribution in [2.24, 2.45) is 5.92 Å². The quantitative estimate of drug-likeness (QED) is 0.793. The van der Waals surface area contributed by atoms with E-state index in [-0.39, 0.29) is 18.0 Å². The van der Waals surface area contributed by atoms with E-state index >= 15 is 0 Å². The second-order valence-corrected chi connectivity index (χ2v) is 7.91. The van der Waals surface area contributed by atoms with Crippen LogP contribution in [0.15, 0.2) is 24.3 Å². The van der Waals surface area contributed by atoms with Crippen molar-refractivity contribution in [2.75, 3.05) is 13.1 Å². The van der Waals surface area contributed by atoms with Crippen molar-refractivity contribution in [1.82, 2.24) is 15.5 Å². The Kier molecular flexibility index (Phi) is 7.08. The Bertz CT molecular complexity index is 547. The molecule has 1 heterocycles. The van der Waals surface area contributed by atoms with Gasteiger partial charge in [0.2, 0.25) is 5.91 Å². The third kappa shape index (κ3) is 5.76. The lowest BCUT2D eigenvalue weighted by Crippen LogP contribution is -2.45. The highest BCUT2D eigenvalue weighted by Gasteiger charge is 2.36. The molecule has 1 saturated heterocycles. The van der Waals surface area contributed by atoms with Gasteiger partial charge in [-0.2, -0.15) is 0 Å². The van der Waals surface area contributed by atoms with E-state index in [1.807, 2.05) is 32.0 Å². The number of nitrogens with zero attached hydrogens (tertiary/aromatic N) is 1. The molecule has 1 amide bonds. The molecule has 0 saturated carbocycles. The molecule has 5 heteroatoms. The van der Waals surface area contributed by atoms with Gasteiger partial charge in [0.15, 0.2) is 0 Å². The lowest BCUT2D eigenvalue weighted by Gasteiger charge is -2.24. The molecule has 4 nitrogen and oxygen atoms in total. The highest BCUT2D eigenvalue weighted by atomic mass is 35.5. The summed E-state index contributed by atoms with van der Waals surface area (Å²) in [5.74, 6) is 0.732. The lowest BCUT2D eigenvalue weighted by molar-refractivity contribution is -0.126. The Morgan fingerprint density at radius 1 is 1.33 bits per heavy atom. The number of rotatable bonds is 7. The van der Waals surface area contributed by atoms with Gasteiger partial charge in [0.25, 0.3) is 0 Å². The first-order valence-corrected chi connectivity index (χ1v) is 9.25. The molecule has 0 aliphatic carbocycles. The Morgan fingerprint density at radius 2 is 2.08 bits per heavy atom. The van der Waals surface area contributed by atoms with Gasteiger partial charge in [0.1, 0.15) is 0 Å². The molecule has 0 spiro atoms. The smallest absolute Gasteiger partial charge is 0.237 e. The summed E-state index contributed by atoms with van der Waals surface area (Å²) in [5, 5.41) is 7.40. The average molecular weight is 352 g/mol. The normalized spacial score (nSPS) is 21.6. The number of nitrogens with one attached hydrogen (secondary N) is 2. The minimum absolute atomic E-state index is 0.0870. The maximum atomic E-state index is 12.6. The van der Waals surface area contributed by atoms with E-state index in [4.69, 9.17) is 11.6 Å². The summed E-state index contributed by atoms with van der Waals surface area (Å²) in [6, 6.07) is 8.32. The van der Waals surface area contributed by atoms with E-state index in [0.717, 1.165) is 36.6 Å². The Hall–Kier alpha value is -1.10. The van der Waals surface area contributed by atoms with Crippen LogP contribution in [0.4, 0.5) is 0 Å². The summed E-state index contributed by atoms with van der Waals surface area (Å²) >= 11 is 6.10. The van der Waals surface area contributed by atoms with Crippen LogP contribution in [-0.2, 0) is 11.3 Å². The van der Waals surface area contributed by atoms with Gasteiger partial charge >= 0.3 is 0 Å². The zero-order chi connectivity index (χ0) is 17.7. The molecular formula is C19H30ClN3O.